The van der Waals surface area contributed by atoms with Crippen LogP contribution in [0.5, 0.6) is 0 Å². The Bertz CT molecular complexity index is 408. The molecule has 0 saturated carbocycles. The Balaban J connectivity index is 1.98. The van der Waals surface area contributed by atoms with Gasteiger partial charge in [-0.05, 0) is 62.6 Å². The zero-order valence-corrected chi connectivity index (χ0v) is 10.3. The molecule has 1 heterocycles. The third-order valence-corrected chi connectivity index (χ3v) is 5.02. The first-order valence-electron chi connectivity index (χ1n) is 6.45. The van der Waals surface area contributed by atoms with Crippen molar-refractivity contribution in [1.29, 1.82) is 0 Å². The Morgan fingerprint density at radius 2 is 1.81 bits per heavy atom. The summed E-state index contributed by atoms with van der Waals surface area (Å²) in [6, 6.07) is 8.99. The van der Waals surface area contributed by atoms with Gasteiger partial charge < -0.3 is 5.32 Å². The van der Waals surface area contributed by atoms with E-state index in [1.54, 1.807) is 11.1 Å². The minimum atomic E-state index is 0.306. The molecule has 1 atom stereocenters. The third-order valence-electron chi connectivity index (χ3n) is 5.02. The van der Waals surface area contributed by atoms with Crippen molar-refractivity contribution in [2.45, 2.75) is 45.1 Å². The predicted molar refractivity (Wildman–Crippen MR) is 67.6 cm³/mol. The molecule has 1 nitrogen and oxygen atoms in total. The first-order chi connectivity index (χ1) is 7.63. The van der Waals surface area contributed by atoms with Crippen LogP contribution in [0.15, 0.2) is 24.3 Å². The maximum atomic E-state index is 3.69. The van der Waals surface area contributed by atoms with E-state index in [4.69, 9.17) is 0 Å². The van der Waals surface area contributed by atoms with Crippen molar-refractivity contribution in [3.05, 3.63) is 35.4 Å². The number of fused-ring (bicyclic) bond motifs is 1. The Hall–Kier alpha value is -0.820. The van der Waals surface area contributed by atoms with Gasteiger partial charge in [-0.2, -0.15) is 0 Å². The molecule has 86 valence electrons. The van der Waals surface area contributed by atoms with Gasteiger partial charge >= 0.3 is 0 Å². The molecular weight excluding hydrogens is 194 g/mol. The van der Waals surface area contributed by atoms with Gasteiger partial charge in [0.05, 0.1) is 0 Å². The molecule has 1 aromatic rings. The van der Waals surface area contributed by atoms with Gasteiger partial charge in [0.25, 0.3) is 0 Å². The number of hydrogen-bond acceptors (Lipinski definition) is 1. The highest BCUT2D eigenvalue weighted by atomic mass is 15.0. The third kappa shape index (κ3) is 1.34. The van der Waals surface area contributed by atoms with Crippen LogP contribution in [0, 0.1) is 5.41 Å². The summed E-state index contributed by atoms with van der Waals surface area (Å²) < 4.78 is 0. The van der Waals surface area contributed by atoms with Crippen LogP contribution in [0.25, 0.3) is 0 Å². The van der Waals surface area contributed by atoms with Crippen LogP contribution in [-0.4, -0.2) is 12.1 Å². The Morgan fingerprint density at radius 1 is 1.06 bits per heavy atom. The van der Waals surface area contributed by atoms with Crippen LogP contribution in [0.3, 0.4) is 0 Å². The molecule has 1 aromatic carbocycles. The van der Waals surface area contributed by atoms with Gasteiger partial charge in [-0.25, -0.2) is 0 Å². The molecule has 16 heavy (non-hydrogen) atoms. The van der Waals surface area contributed by atoms with Crippen LogP contribution in [0.2, 0.25) is 0 Å². The van der Waals surface area contributed by atoms with E-state index in [0.29, 0.717) is 11.0 Å². The quantitative estimate of drug-likeness (QED) is 0.701. The molecule has 0 amide bonds. The molecule has 1 heteroatoms. The molecule has 1 aliphatic carbocycles. The van der Waals surface area contributed by atoms with Gasteiger partial charge in [-0.1, -0.05) is 24.3 Å². The van der Waals surface area contributed by atoms with Gasteiger partial charge in [-0.15, -0.1) is 0 Å². The van der Waals surface area contributed by atoms with Crippen molar-refractivity contribution in [2.75, 3.05) is 6.54 Å². The Morgan fingerprint density at radius 3 is 2.50 bits per heavy atom. The lowest BCUT2D eigenvalue weighted by Gasteiger charge is -2.44. The number of benzene rings is 1. The molecule has 0 aromatic heterocycles. The zero-order valence-electron chi connectivity index (χ0n) is 10.3. The molecule has 1 unspecified atom stereocenters. The summed E-state index contributed by atoms with van der Waals surface area (Å²) in [7, 11) is 0. The number of aryl methyl sites for hydroxylation is 1. The summed E-state index contributed by atoms with van der Waals surface area (Å²) in [6.45, 7) is 5.96. The van der Waals surface area contributed by atoms with Crippen LogP contribution < -0.4 is 5.32 Å². The van der Waals surface area contributed by atoms with E-state index in [9.17, 15) is 0 Å². The topological polar surface area (TPSA) is 12.0 Å². The average molecular weight is 215 g/mol. The second kappa shape index (κ2) is 3.33. The van der Waals surface area contributed by atoms with Gasteiger partial charge in [0.1, 0.15) is 0 Å². The SMILES string of the molecule is CC1(C)NCCC12CCc1ccccc1C2. The second-order valence-electron chi connectivity index (χ2n) is 6.03. The smallest absolute Gasteiger partial charge is 0.0185 e. The normalized spacial score (nSPS) is 31.6. The maximum Gasteiger partial charge on any atom is 0.0185 e. The summed E-state index contributed by atoms with van der Waals surface area (Å²) in [5.41, 5.74) is 3.98. The monoisotopic (exact) mass is 215 g/mol. The Labute approximate surface area is 98.3 Å². The summed E-state index contributed by atoms with van der Waals surface area (Å²) in [4.78, 5) is 0. The summed E-state index contributed by atoms with van der Waals surface area (Å²) in [5, 5.41) is 3.69. The average Bonchev–Trinajstić information content (AvgIpc) is 2.54. The first kappa shape index (κ1) is 10.3. The molecule has 0 bridgehead atoms. The summed E-state index contributed by atoms with van der Waals surface area (Å²) in [5.74, 6) is 0. The van der Waals surface area contributed by atoms with Crippen LogP contribution in [-0.2, 0) is 12.8 Å². The van der Waals surface area contributed by atoms with Gasteiger partial charge in [0, 0.05) is 5.54 Å². The van der Waals surface area contributed by atoms with Crippen molar-refractivity contribution in [3.63, 3.8) is 0 Å². The van der Waals surface area contributed by atoms with Crippen molar-refractivity contribution in [3.8, 4) is 0 Å². The number of nitrogens with one attached hydrogen (secondary N) is 1. The highest BCUT2D eigenvalue weighted by Gasteiger charge is 2.49. The van der Waals surface area contributed by atoms with Crippen molar-refractivity contribution in [2.24, 2.45) is 5.41 Å². The minimum absolute atomic E-state index is 0.306. The highest BCUT2D eigenvalue weighted by molar-refractivity contribution is 5.32. The molecule has 2 aliphatic rings. The first-order valence-corrected chi connectivity index (χ1v) is 6.45. The lowest BCUT2D eigenvalue weighted by atomic mass is 9.62. The van der Waals surface area contributed by atoms with Crippen molar-refractivity contribution >= 4 is 0 Å². The summed E-state index contributed by atoms with van der Waals surface area (Å²) in [6.07, 6.45) is 5.23. The van der Waals surface area contributed by atoms with E-state index >= 15 is 0 Å². The van der Waals surface area contributed by atoms with Crippen LogP contribution in [0.1, 0.15) is 37.8 Å². The summed E-state index contributed by atoms with van der Waals surface area (Å²) >= 11 is 0. The van der Waals surface area contributed by atoms with E-state index < -0.39 is 0 Å². The molecular formula is C15H21N. The van der Waals surface area contributed by atoms with E-state index in [1.807, 2.05) is 0 Å². The standard InChI is InChI=1S/C15H21N/c1-14(2)15(9-10-16-14)8-7-12-5-3-4-6-13(12)11-15/h3-6,16H,7-11H2,1-2H3. The molecule has 1 spiro atoms. The number of rotatable bonds is 0. The van der Waals surface area contributed by atoms with Crippen molar-refractivity contribution in [1.82, 2.24) is 5.32 Å². The van der Waals surface area contributed by atoms with E-state index in [0.717, 1.165) is 0 Å². The Kier molecular flexibility index (Phi) is 2.16. The molecule has 0 radical (unpaired) electrons. The fourth-order valence-corrected chi connectivity index (χ4v) is 3.66. The largest absolute Gasteiger partial charge is 0.311 e. The molecule has 1 saturated heterocycles. The lowest BCUT2D eigenvalue weighted by molar-refractivity contribution is 0.145. The maximum absolute atomic E-state index is 3.69. The highest BCUT2D eigenvalue weighted by Crippen LogP contribution is 2.48. The van der Waals surface area contributed by atoms with E-state index in [2.05, 4.69) is 43.4 Å². The van der Waals surface area contributed by atoms with Gasteiger partial charge in [0.15, 0.2) is 0 Å². The van der Waals surface area contributed by atoms with Crippen LogP contribution >= 0.6 is 0 Å². The lowest BCUT2D eigenvalue weighted by Crippen LogP contribution is -2.49. The van der Waals surface area contributed by atoms with Crippen molar-refractivity contribution < 1.29 is 0 Å². The molecule has 1 fully saturated rings. The molecule has 1 aliphatic heterocycles. The minimum Gasteiger partial charge on any atom is -0.311 e. The fraction of sp³-hybridized carbons (Fsp3) is 0.600. The fourth-order valence-electron chi connectivity index (χ4n) is 3.66. The predicted octanol–water partition coefficient (Wildman–Crippen LogP) is 2.93. The van der Waals surface area contributed by atoms with Crippen LogP contribution in [0.4, 0.5) is 0 Å². The number of hydrogen-bond donors (Lipinski definition) is 1. The van der Waals surface area contributed by atoms with Gasteiger partial charge in [-0.3, -0.25) is 0 Å². The van der Waals surface area contributed by atoms with Gasteiger partial charge in [0.2, 0.25) is 0 Å². The van der Waals surface area contributed by atoms with E-state index in [-0.39, 0.29) is 0 Å². The molecule has 3 rings (SSSR count). The zero-order chi connectivity index (χ0) is 11.2. The second-order valence-corrected chi connectivity index (χ2v) is 6.03. The molecule has 1 N–H and O–H groups in total. The van der Waals surface area contributed by atoms with E-state index in [1.165, 1.54) is 32.2 Å².